The Hall–Kier alpha value is -3.13. The van der Waals surface area contributed by atoms with Gasteiger partial charge in [-0.2, -0.15) is 9.50 Å². The molecule has 0 atom stereocenters. The Balaban J connectivity index is 1.56. The molecule has 0 unspecified atom stereocenters. The molecule has 0 spiro atoms. The summed E-state index contributed by atoms with van der Waals surface area (Å²) in [6.45, 7) is 2.85. The van der Waals surface area contributed by atoms with Gasteiger partial charge < -0.3 is 13.9 Å². The van der Waals surface area contributed by atoms with Crippen LogP contribution in [0.5, 0.6) is 11.5 Å². The van der Waals surface area contributed by atoms with Crippen molar-refractivity contribution in [1.82, 2.24) is 14.6 Å². The van der Waals surface area contributed by atoms with E-state index < -0.39 is 0 Å². The molecule has 0 fully saturated rings. The average molecular weight is 426 g/mol. The van der Waals surface area contributed by atoms with E-state index in [4.69, 9.17) is 13.9 Å². The minimum atomic E-state index is -0.212. The fourth-order valence-corrected chi connectivity index (χ4v) is 4.01. The van der Waals surface area contributed by atoms with Gasteiger partial charge in [-0.15, -0.1) is 5.10 Å². The lowest BCUT2D eigenvalue weighted by Gasteiger charge is -2.11. The maximum absolute atomic E-state index is 12.7. The van der Waals surface area contributed by atoms with E-state index in [1.54, 1.807) is 25.5 Å². The summed E-state index contributed by atoms with van der Waals surface area (Å²) in [6, 6.07) is 9.17. The molecule has 3 aromatic heterocycles. The van der Waals surface area contributed by atoms with Gasteiger partial charge in [-0.25, -0.2) is 0 Å². The molecular formula is C22H23N3O4S. The summed E-state index contributed by atoms with van der Waals surface area (Å²) in [6.07, 6.45) is 7.95. The first-order chi connectivity index (χ1) is 14.7. The highest BCUT2D eigenvalue weighted by atomic mass is 32.1. The smallest absolute Gasteiger partial charge is 0.291 e. The normalized spacial score (nSPS) is 12.0. The van der Waals surface area contributed by atoms with Crippen molar-refractivity contribution >= 4 is 22.4 Å². The number of fused-ring (bicyclic) bond motifs is 1. The van der Waals surface area contributed by atoms with Crippen molar-refractivity contribution in [2.45, 2.75) is 32.6 Å². The van der Waals surface area contributed by atoms with Crippen LogP contribution < -0.4 is 19.6 Å². The lowest BCUT2D eigenvalue weighted by Crippen LogP contribution is -2.23. The van der Waals surface area contributed by atoms with Gasteiger partial charge in [0.25, 0.3) is 5.56 Å². The third kappa shape index (κ3) is 4.23. The van der Waals surface area contributed by atoms with Gasteiger partial charge >= 0.3 is 0 Å². The van der Waals surface area contributed by atoms with E-state index in [9.17, 15) is 4.79 Å². The van der Waals surface area contributed by atoms with Gasteiger partial charge in [-0.05, 0) is 42.3 Å². The quantitative estimate of drug-likeness (QED) is 0.378. The first-order valence-corrected chi connectivity index (χ1v) is 10.8. The summed E-state index contributed by atoms with van der Waals surface area (Å²) in [7, 11) is 1.61. The zero-order chi connectivity index (χ0) is 20.9. The zero-order valence-electron chi connectivity index (χ0n) is 17.0. The summed E-state index contributed by atoms with van der Waals surface area (Å²) in [4.78, 5) is 17.6. The van der Waals surface area contributed by atoms with Crippen LogP contribution in [0.15, 0.2) is 45.8 Å². The van der Waals surface area contributed by atoms with E-state index >= 15 is 0 Å². The molecule has 3 heterocycles. The Morgan fingerprint density at radius 2 is 2.10 bits per heavy atom. The molecule has 30 heavy (non-hydrogen) atoms. The number of methoxy groups -OCH3 is 1. The summed E-state index contributed by atoms with van der Waals surface area (Å²) in [5, 5.41) is 4.26. The Morgan fingerprint density at radius 1 is 1.20 bits per heavy atom. The molecular weight excluding hydrogens is 402 g/mol. The molecule has 7 nitrogen and oxygen atoms in total. The number of furan rings is 1. The Bertz CT molecular complexity index is 1230. The number of hydrogen-bond donors (Lipinski definition) is 0. The topological polar surface area (TPSA) is 78.9 Å². The van der Waals surface area contributed by atoms with Crippen molar-refractivity contribution in [3.05, 3.63) is 57.0 Å². The van der Waals surface area contributed by atoms with E-state index in [0.717, 1.165) is 18.4 Å². The van der Waals surface area contributed by atoms with Gasteiger partial charge in [0.2, 0.25) is 10.8 Å². The standard InChI is InChI=1S/C22H23N3O4S/c1-3-4-5-6-11-28-16-10-9-15(13-18(16)27-2)14-19-21(26)25-22(30-19)23-20(24-25)17-8-7-12-29-17/h7-10,12-14H,3-6,11H2,1-2H3. The van der Waals surface area contributed by atoms with Crippen LogP contribution in [0.4, 0.5) is 0 Å². The second-order valence-electron chi connectivity index (χ2n) is 6.84. The van der Waals surface area contributed by atoms with Gasteiger partial charge in [0.05, 0.1) is 24.5 Å². The highest BCUT2D eigenvalue weighted by Gasteiger charge is 2.13. The summed E-state index contributed by atoms with van der Waals surface area (Å²) >= 11 is 1.28. The molecule has 4 rings (SSSR count). The minimum Gasteiger partial charge on any atom is -0.493 e. The Labute approximate surface area is 177 Å². The predicted octanol–water partition coefficient (Wildman–Crippen LogP) is 3.93. The maximum atomic E-state index is 12.7. The first kappa shape index (κ1) is 20.2. The highest BCUT2D eigenvalue weighted by Crippen LogP contribution is 2.28. The van der Waals surface area contributed by atoms with Crippen molar-refractivity contribution in [2.75, 3.05) is 13.7 Å². The van der Waals surface area contributed by atoms with Crippen LogP contribution in [0.3, 0.4) is 0 Å². The van der Waals surface area contributed by atoms with E-state index in [2.05, 4.69) is 17.0 Å². The molecule has 8 heteroatoms. The monoisotopic (exact) mass is 425 g/mol. The molecule has 0 N–H and O–H groups in total. The predicted molar refractivity (Wildman–Crippen MR) is 116 cm³/mol. The maximum Gasteiger partial charge on any atom is 0.291 e. The SMILES string of the molecule is CCCCCCOc1ccc(C=c2sc3nc(-c4ccco4)nn3c2=O)cc1OC. The van der Waals surface area contributed by atoms with E-state index in [1.807, 2.05) is 24.3 Å². The molecule has 0 aliphatic heterocycles. The molecule has 4 aromatic rings. The van der Waals surface area contributed by atoms with Crippen LogP contribution >= 0.6 is 11.3 Å². The molecule has 156 valence electrons. The zero-order valence-corrected chi connectivity index (χ0v) is 17.8. The molecule has 0 radical (unpaired) electrons. The average Bonchev–Trinajstić information content (AvgIpc) is 3.48. The number of aromatic nitrogens is 3. The molecule has 0 amide bonds. The highest BCUT2D eigenvalue weighted by molar-refractivity contribution is 7.15. The van der Waals surface area contributed by atoms with Crippen molar-refractivity contribution in [1.29, 1.82) is 0 Å². The first-order valence-electron chi connectivity index (χ1n) is 9.95. The van der Waals surface area contributed by atoms with Crippen LogP contribution in [0.25, 0.3) is 22.6 Å². The van der Waals surface area contributed by atoms with Crippen molar-refractivity contribution < 1.29 is 13.9 Å². The number of unbranched alkanes of at least 4 members (excludes halogenated alkanes) is 3. The van der Waals surface area contributed by atoms with Crippen molar-refractivity contribution in [3.8, 4) is 23.1 Å². The fraction of sp³-hybridized carbons (Fsp3) is 0.318. The minimum absolute atomic E-state index is 0.212. The molecule has 1 aromatic carbocycles. The van der Waals surface area contributed by atoms with Crippen LogP contribution in [0.2, 0.25) is 0 Å². The summed E-state index contributed by atoms with van der Waals surface area (Å²) < 4.78 is 18.5. The van der Waals surface area contributed by atoms with Crippen LogP contribution in [-0.4, -0.2) is 28.3 Å². The molecule has 0 bridgehead atoms. The largest absolute Gasteiger partial charge is 0.493 e. The molecule has 0 saturated heterocycles. The number of hydrogen-bond acceptors (Lipinski definition) is 7. The Kier molecular flexibility index (Phi) is 6.13. The van der Waals surface area contributed by atoms with Crippen LogP contribution in [0, 0.1) is 0 Å². The second-order valence-corrected chi connectivity index (χ2v) is 7.85. The fourth-order valence-electron chi connectivity index (χ4n) is 3.10. The van der Waals surface area contributed by atoms with Crippen LogP contribution in [0.1, 0.15) is 38.2 Å². The number of nitrogens with zero attached hydrogens (tertiary/aromatic N) is 3. The van der Waals surface area contributed by atoms with Crippen molar-refractivity contribution in [3.63, 3.8) is 0 Å². The summed E-state index contributed by atoms with van der Waals surface area (Å²) in [5.41, 5.74) is 0.633. The molecule has 0 aliphatic rings. The Morgan fingerprint density at radius 3 is 2.83 bits per heavy atom. The van der Waals surface area contributed by atoms with E-state index in [-0.39, 0.29) is 5.56 Å². The lowest BCUT2D eigenvalue weighted by molar-refractivity contribution is 0.285. The van der Waals surface area contributed by atoms with Gasteiger partial charge in [0.1, 0.15) is 0 Å². The third-order valence-electron chi connectivity index (χ3n) is 4.66. The van der Waals surface area contributed by atoms with E-state index in [0.29, 0.717) is 39.2 Å². The second kappa shape index (κ2) is 9.13. The van der Waals surface area contributed by atoms with E-state index in [1.165, 1.54) is 28.7 Å². The van der Waals surface area contributed by atoms with Crippen LogP contribution in [-0.2, 0) is 0 Å². The number of benzene rings is 1. The number of rotatable bonds is 9. The lowest BCUT2D eigenvalue weighted by atomic mass is 10.2. The van der Waals surface area contributed by atoms with Gasteiger partial charge in [0, 0.05) is 0 Å². The van der Waals surface area contributed by atoms with Gasteiger partial charge in [0.15, 0.2) is 17.3 Å². The summed E-state index contributed by atoms with van der Waals surface area (Å²) in [5.74, 6) is 2.29. The van der Waals surface area contributed by atoms with Crippen molar-refractivity contribution in [2.24, 2.45) is 0 Å². The molecule has 0 aliphatic carbocycles. The number of thiazole rings is 1. The van der Waals surface area contributed by atoms with Gasteiger partial charge in [-0.1, -0.05) is 43.6 Å². The molecule has 0 saturated carbocycles. The number of ether oxygens (including phenoxy) is 2. The third-order valence-corrected chi connectivity index (χ3v) is 5.62. The van der Waals surface area contributed by atoms with Gasteiger partial charge in [-0.3, -0.25) is 4.79 Å².